The van der Waals surface area contributed by atoms with Gasteiger partial charge in [-0.25, -0.2) is 0 Å². The second-order valence-corrected chi connectivity index (χ2v) is 6.37. The van der Waals surface area contributed by atoms with Crippen molar-refractivity contribution in [3.8, 4) is 0 Å². The number of hydrogen-bond donors (Lipinski definition) is 1. The van der Waals surface area contributed by atoms with Crippen LogP contribution in [0.5, 0.6) is 0 Å². The summed E-state index contributed by atoms with van der Waals surface area (Å²) in [5.41, 5.74) is 2.15. The van der Waals surface area contributed by atoms with Crippen molar-refractivity contribution in [1.82, 2.24) is 0 Å². The summed E-state index contributed by atoms with van der Waals surface area (Å²) in [7, 11) is 0. The SMILES string of the molecule is CC(C)[C@@H]1C(=O)N(c2ccc(S)cc2)[C@@H]1c1ccccc1. The van der Waals surface area contributed by atoms with E-state index in [9.17, 15) is 4.79 Å². The van der Waals surface area contributed by atoms with Gasteiger partial charge in [0.05, 0.1) is 12.0 Å². The number of β-lactam (4-membered cyclic amide) rings is 1. The van der Waals surface area contributed by atoms with Gasteiger partial charge in [0.1, 0.15) is 0 Å². The van der Waals surface area contributed by atoms with Crippen LogP contribution in [0.1, 0.15) is 25.5 Å². The van der Waals surface area contributed by atoms with Gasteiger partial charge in [0, 0.05) is 10.6 Å². The number of anilines is 1. The van der Waals surface area contributed by atoms with Gasteiger partial charge in [0.25, 0.3) is 0 Å². The number of hydrogen-bond acceptors (Lipinski definition) is 2. The highest BCUT2D eigenvalue weighted by atomic mass is 32.1. The molecule has 0 unspecified atom stereocenters. The van der Waals surface area contributed by atoms with Gasteiger partial charge in [-0.3, -0.25) is 4.79 Å². The molecule has 0 radical (unpaired) electrons. The maximum absolute atomic E-state index is 12.6. The van der Waals surface area contributed by atoms with Crippen LogP contribution in [0.2, 0.25) is 0 Å². The second-order valence-electron chi connectivity index (χ2n) is 5.85. The van der Waals surface area contributed by atoms with E-state index in [4.69, 9.17) is 0 Å². The summed E-state index contributed by atoms with van der Waals surface area (Å²) in [6, 6.07) is 18.2. The van der Waals surface area contributed by atoms with Crippen LogP contribution in [-0.4, -0.2) is 5.91 Å². The fourth-order valence-electron chi connectivity index (χ4n) is 3.07. The maximum Gasteiger partial charge on any atom is 0.233 e. The normalized spacial score (nSPS) is 21.5. The lowest BCUT2D eigenvalue weighted by Gasteiger charge is -2.49. The number of carbonyl (C=O) groups excluding carboxylic acids is 1. The van der Waals surface area contributed by atoms with Gasteiger partial charge >= 0.3 is 0 Å². The number of nitrogens with zero attached hydrogens (tertiary/aromatic N) is 1. The third kappa shape index (κ3) is 2.46. The van der Waals surface area contributed by atoms with Gasteiger partial charge in [-0.15, -0.1) is 12.6 Å². The minimum absolute atomic E-state index is 0.0584. The highest BCUT2D eigenvalue weighted by Crippen LogP contribution is 2.46. The van der Waals surface area contributed by atoms with Crippen LogP contribution in [0.25, 0.3) is 0 Å². The smallest absolute Gasteiger partial charge is 0.233 e. The van der Waals surface area contributed by atoms with Crippen molar-refractivity contribution in [2.45, 2.75) is 24.8 Å². The molecule has 0 aromatic heterocycles. The van der Waals surface area contributed by atoms with E-state index in [1.807, 2.05) is 47.4 Å². The van der Waals surface area contributed by atoms with Gasteiger partial charge in [-0.2, -0.15) is 0 Å². The van der Waals surface area contributed by atoms with Crippen LogP contribution in [0, 0.1) is 11.8 Å². The van der Waals surface area contributed by atoms with E-state index in [0.29, 0.717) is 5.92 Å². The average molecular weight is 297 g/mol. The summed E-state index contributed by atoms with van der Waals surface area (Å²) in [6.45, 7) is 4.24. The van der Waals surface area contributed by atoms with Crippen molar-refractivity contribution in [1.29, 1.82) is 0 Å². The molecule has 1 amide bonds. The minimum atomic E-state index is 0.0584. The standard InChI is InChI=1S/C18H19NOS/c1-12(2)16-17(13-6-4-3-5-7-13)19(18(16)20)14-8-10-15(21)11-9-14/h3-12,16-17,21H,1-2H3/t16-,17+/m0/s1. The molecule has 1 aliphatic rings. The fourth-order valence-corrected chi connectivity index (χ4v) is 3.22. The zero-order valence-corrected chi connectivity index (χ0v) is 13.1. The predicted octanol–water partition coefficient (Wildman–Crippen LogP) is 4.34. The van der Waals surface area contributed by atoms with E-state index in [-0.39, 0.29) is 17.9 Å². The Morgan fingerprint density at radius 1 is 1.00 bits per heavy atom. The van der Waals surface area contributed by atoms with Crippen molar-refractivity contribution in [3.05, 3.63) is 60.2 Å². The molecule has 0 aliphatic carbocycles. The van der Waals surface area contributed by atoms with Crippen LogP contribution in [0.15, 0.2) is 59.5 Å². The lowest BCUT2D eigenvalue weighted by Crippen LogP contribution is -2.57. The van der Waals surface area contributed by atoms with Gasteiger partial charge in [-0.1, -0.05) is 44.2 Å². The fraction of sp³-hybridized carbons (Fsp3) is 0.278. The third-order valence-electron chi connectivity index (χ3n) is 4.13. The Morgan fingerprint density at radius 2 is 1.62 bits per heavy atom. The lowest BCUT2D eigenvalue weighted by atomic mass is 9.75. The molecule has 1 heterocycles. The van der Waals surface area contributed by atoms with E-state index in [0.717, 1.165) is 10.6 Å². The quantitative estimate of drug-likeness (QED) is 0.660. The van der Waals surface area contributed by atoms with Crippen LogP contribution in [0.3, 0.4) is 0 Å². The Labute approximate surface area is 131 Å². The van der Waals surface area contributed by atoms with E-state index in [1.54, 1.807) is 0 Å². The van der Waals surface area contributed by atoms with Gasteiger partial charge in [-0.05, 0) is 35.7 Å². The first-order valence-electron chi connectivity index (χ1n) is 7.26. The molecule has 3 heteroatoms. The average Bonchev–Trinajstić information content (AvgIpc) is 2.47. The highest BCUT2D eigenvalue weighted by Gasteiger charge is 2.49. The van der Waals surface area contributed by atoms with E-state index in [2.05, 4.69) is 38.6 Å². The lowest BCUT2D eigenvalue weighted by molar-refractivity contribution is -0.132. The molecule has 2 atom stereocenters. The molecule has 1 aliphatic heterocycles. The highest BCUT2D eigenvalue weighted by molar-refractivity contribution is 7.80. The molecule has 2 aromatic carbocycles. The molecule has 0 N–H and O–H groups in total. The summed E-state index contributed by atoms with van der Waals surface area (Å²) in [4.78, 5) is 15.4. The Balaban J connectivity index is 1.99. The summed E-state index contributed by atoms with van der Waals surface area (Å²) in [5, 5.41) is 0. The molecule has 2 nitrogen and oxygen atoms in total. The first kappa shape index (κ1) is 14.2. The number of amides is 1. The summed E-state index contributed by atoms with van der Waals surface area (Å²) in [6.07, 6.45) is 0. The number of benzene rings is 2. The van der Waals surface area contributed by atoms with Crippen LogP contribution in [-0.2, 0) is 4.79 Å². The van der Waals surface area contributed by atoms with Gasteiger partial charge in [0.2, 0.25) is 5.91 Å². The van der Waals surface area contributed by atoms with Crippen molar-refractivity contribution < 1.29 is 4.79 Å². The van der Waals surface area contributed by atoms with Crippen molar-refractivity contribution in [3.63, 3.8) is 0 Å². The Bertz CT molecular complexity index is 636. The first-order chi connectivity index (χ1) is 10.1. The largest absolute Gasteiger partial charge is 0.304 e. The Morgan fingerprint density at radius 3 is 2.19 bits per heavy atom. The molecule has 0 bridgehead atoms. The molecule has 21 heavy (non-hydrogen) atoms. The zero-order chi connectivity index (χ0) is 15.0. The summed E-state index contributed by atoms with van der Waals surface area (Å²) < 4.78 is 0. The maximum atomic E-state index is 12.6. The predicted molar refractivity (Wildman–Crippen MR) is 88.7 cm³/mol. The van der Waals surface area contributed by atoms with Gasteiger partial charge < -0.3 is 4.90 Å². The molecular weight excluding hydrogens is 278 g/mol. The zero-order valence-electron chi connectivity index (χ0n) is 12.2. The topological polar surface area (TPSA) is 20.3 Å². The third-order valence-corrected chi connectivity index (χ3v) is 4.43. The van der Waals surface area contributed by atoms with Crippen molar-refractivity contribution >= 4 is 24.2 Å². The van der Waals surface area contributed by atoms with E-state index >= 15 is 0 Å². The molecule has 1 saturated heterocycles. The molecule has 1 fully saturated rings. The Hall–Kier alpha value is -1.74. The molecule has 108 valence electrons. The molecule has 2 aromatic rings. The van der Waals surface area contributed by atoms with Gasteiger partial charge in [0.15, 0.2) is 0 Å². The van der Waals surface area contributed by atoms with Crippen molar-refractivity contribution in [2.24, 2.45) is 11.8 Å². The molecule has 3 rings (SSSR count). The van der Waals surface area contributed by atoms with Crippen LogP contribution in [0.4, 0.5) is 5.69 Å². The summed E-state index contributed by atoms with van der Waals surface area (Å²) in [5.74, 6) is 0.608. The number of thiol groups is 1. The molecule has 0 spiro atoms. The summed E-state index contributed by atoms with van der Waals surface area (Å²) >= 11 is 4.31. The molecule has 0 saturated carbocycles. The number of rotatable bonds is 3. The van der Waals surface area contributed by atoms with E-state index < -0.39 is 0 Å². The van der Waals surface area contributed by atoms with Crippen molar-refractivity contribution in [2.75, 3.05) is 4.90 Å². The minimum Gasteiger partial charge on any atom is -0.304 e. The van der Waals surface area contributed by atoms with E-state index in [1.165, 1.54) is 5.56 Å². The Kier molecular flexibility index (Phi) is 3.77. The molecular formula is C18H19NOS. The van der Waals surface area contributed by atoms with Crippen LogP contribution < -0.4 is 4.90 Å². The number of carbonyl (C=O) groups is 1. The van der Waals surface area contributed by atoms with Crippen LogP contribution >= 0.6 is 12.6 Å². The monoisotopic (exact) mass is 297 g/mol. The second kappa shape index (κ2) is 5.57. The first-order valence-corrected chi connectivity index (χ1v) is 7.71.